The number of alkyl halides is 3. The van der Waals surface area contributed by atoms with E-state index in [1.807, 2.05) is 0 Å². The van der Waals surface area contributed by atoms with Gasteiger partial charge < -0.3 is 25.8 Å². The zero-order valence-electron chi connectivity index (χ0n) is 24.6. The van der Waals surface area contributed by atoms with Gasteiger partial charge in [0.05, 0.1) is 11.6 Å². The molecule has 1 amide bonds. The van der Waals surface area contributed by atoms with Gasteiger partial charge in [-0.2, -0.15) is 13.2 Å². The zero-order valence-corrected chi connectivity index (χ0v) is 25.5. The largest absolute Gasteiger partial charge is 0.490 e. The molecule has 0 aromatic heterocycles. The lowest BCUT2D eigenvalue weighted by Crippen LogP contribution is -2.52. The van der Waals surface area contributed by atoms with Crippen molar-refractivity contribution in [3.8, 4) is 0 Å². The Balaban J connectivity index is 0.000000676. The molecule has 0 radical (unpaired) electrons. The second kappa shape index (κ2) is 15.7. The van der Waals surface area contributed by atoms with Gasteiger partial charge in [0.25, 0.3) is 0 Å². The number of benzene rings is 3. The normalized spacial score (nSPS) is 14.5. The minimum Gasteiger partial charge on any atom is -0.475 e. The summed E-state index contributed by atoms with van der Waals surface area (Å²) in [6.45, 7) is 2.11. The van der Waals surface area contributed by atoms with Crippen molar-refractivity contribution in [3.05, 3.63) is 91.0 Å². The molecule has 3 aromatic rings. The summed E-state index contributed by atoms with van der Waals surface area (Å²) in [6.07, 6.45) is -2.01. The highest BCUT2D eigenvalue weighted by atomic mass is 31.2. The van der Waals surface area contributed by atoms with Gasteiger partial charge in [-0.3, -0.25) is 10.2 Å². The first-order chi connectivity index (χ1) is 20.9. The Kier molecular flexibility index (Phi) is 12.3. The quantitative estimate of drug-likeness (QED) is 0.117. The van der Waals surface area contributed by atoms with Crippen molar-refractivity contribution in [2.75, 3.05) is 39.5 Å². The van der Waals surface area contributed by atoms with E-state index in [0.717, 1.165) is 12.6 Å². The molecule has 3 aromatic carbocycles. The lowest BCUT2D eigenvalue weighted by Gasteiger charge is -2.38. The smallest absolute Gasteiger partial charge is 0.475 e. The summed E-state index contributed by atoms with van der Waals surface area (Å²) in [6, 6.07) is 32.5. The lowest BCUT2D eigenvalue weighted by atomic mass is 9.78. The molecule has 5 N–H and O–H groups in total. The molecule has 44 heavy (non-hydrogen) atoms. The summed E-state index contributed by atoms with van der Waals surface area (Å²) in [7, 11) is -0.153. The van der Waals surface area contributed by atoms with Gasteiger partial charge in [-0.1, -0.05) is 54.6 Å². The van der Waals surface area contributed by atoms with Crippen LogP contribution in [0.4, 0.5) is 13.2 Å². The van der Waals surface area contributed by atoms with Crippen molar-refractivity contribution in [3.63, 3.8) is 0 Å². The summed E-state index contributed by atoms with van der Waals surface area (Å²) in [4.78, 5) is 24.1. The summed E-state index contributed by atoms with van der Waals surface area (Å²) in [5, 5.41) is 22.2. The van der Waals surface area contributed by atoms with Gasteiger partial charge in [-0.15, -0.1) is 0 Å². The Morgan fingerprint density at radius 3 is 1.70 bits per heavy atom. The molecule has 0 bridgehead atoms. The van der Waals surface area contributed by atoms with Crippen LogP contribution in [0.3, 0.4) is 0 Å². The van der Waals surface area contributed by atoms with Crippen LogP contribution >= 0.6 is 7.26 Å². The molecule has 0 aliphatic carbocycles. The maximum absolute atomic E-state index is 13.5. The minimum absolute atomic E-state index is 0.0261. The number of guanidine groups is 1. The fourth-order valence-corrected chi connectivity index (χ4v) is 9.69. The molecule has 12 heteroatoms. The predicted octanol–water partition coefficient (Wildman–Crippen LogP) is 3.74. The van der Waals surface area contributed by atoms with Gasteiger partial charge in [0.15, 0.2) is 5.96 Å². The van der Waals surface area contributed by atoms with Gasteiger partial charge in [-0.25, -0.2) is 4.79 Å². The summed E-state index contributed by atoms with van der Waals surface area (Å²) >= 11 is 0. The second-order valence-corrected chi connectivity index (χ2v) is 14.2. The number of amides is 1. The average molecular weight is 632 g/mol. The van der Waals surface area contributed by atoms with E-state index in [0.29, 0.717) is 39.1 Å². The molecule has 8 nitrogen and oxygen atoms in total. The number of carbonyl (C=O) groups is 2. The predicted molar refractivity (Wildman–Crippen MR) is 168 cm³/mol. The number of halogens is 3. The molecule has 0 atom stereocenters. The van der Waals surface area contributed by atoms with Crippen molar-refractivity contribution < 1.29 is 32.6 Å². The van der Waals surface area contributed by atoms with E-state index in [1.54, 1.807) is 11.9 Å². The van der Waals surface area contributed by atoms with Gasteiger partial charge in [-0.05, 0) is 55.7 Å². The van der Waals surface area contributed by atoms with Crippen LogP contribution in [0.15, 0.2) is 91.0 Å². The molecule has 1 aliphatic heterocycles. The Morgan fingerprint density at radius 2 is 1.34 bits per heavy atom. The lowest BCUT2D eigenvalue weighted by molar-refractivity contribution is -0.192. The van der Waals surface area contributed by atoms with Crippen molar-refractivity contribution >= 4 is 41.0 Å². The van der Waals surface area contributed by atoms with Crippen molar-refractivity contribution in [1.82, 2.24) is 10.2 Å². The Hall–Kier alpha value is -3.95. The highest BCUT2D eigenvalue weighted by molar-refractivity contribution is 7.95. The SMILES string of the molecule is CN(CC1(C(=O)NCCC[P+](c2ccccc2)(c2ccccc2)c2ccccc2)CCOCC1)C(=N)N.O=C(O)C(F)(F)F. The Morgan fingerprint density at radius 1 is 0.932 bits per heavy atom. The summed E-state index contributed by atoms with van der Waals surface area (Å²) < 4.78 is 37.3. The Bertz CT molecular complexity index is 1260. The third kappa shape index (κ3) is 8.80. The number of carboxylic acid groups (broad SMARTS) is 1. The first-order valence-electron chi connectivity index (χ1n) is 14.2. The number of aliphatic carboxylic acids is 1. The van der Waals surface area contributed by atoms with E-state index in [1.165, 1.54) is 15.9 Å². The number of nitrogens with one attached hydrogen (secondary N) is 2. The van der Waals surface area contributed by atoms with Crippen LogP contribution in [0.2, 0.25) is 0 Å². The second-order valence-electron chi connectivity index (χ2n) is 10.6. The van der Waals surface area contributed by atoms with Gasteiger partial charge in [0, 0.05) is 33.4 Å². The van der Waals surface area contributed by atoms with Gasteiger partial charge >= 0.3 is 12.1 Å². The van der Waals surface area contributed by atoms with Crippen LogP contribution in [0, 0.1) is 10.8 Å². The third-order valence-electron chi connectivity index (χ3n) is 7.67. The van der Waals surface area contributed by atoms with E-state index in [4.69, 9.17) is 25.8 Å². The molecular weight excluding hydrogens is 592 g/mol. The zero-order chi connectivity index (χ0) is 32.2. The fraction of sp³-hybridized carbons (Fsp3) is 0.344. The van der Waals surface area contributed by atoms with Crippen LogP contribution in [0.25, 0.3) is 0 Å². The van der Waals surface area contributed by atoms with Crippen molar-refractivity contribution in [2.45, 2.75) is 25.4 Å². The molecule has 1 heterocycles. The topological polar surface area (TPSA) is 129 Å². The monoisotopic (exact) mass is 631 g/mol. The molecule has 0 spiro atoms. The molecule has 0 saturated carbocycles. The van der Waals surface area contributed by atoms with Gasteiger partial charge in [0.2, 0.25) is 5.91 Å². The first kappa shape index (κ1) is 34.5. The number of hydrogen-bond acceptors (Lipinski definition) is 4. The van der Waals surface area contributed by atoms with Crippen molar-refractivity contribution in [1.29, 1.82) is 5.41 Å². The Labute approximate surface area is 256 Å². The van der Waals surface area contributed by atoms with E-state index < -0.39 is 24.8 Å². The van der Waals surface area contributed by atoms with Crippen LogP contribution in [-0.4, -0.2) is 73.5 Å². The number of carbonyl (C=O) groups excluding carboxylic acids is 1. The number of carboxylic acids is 1. The van der Waals surface area contributed by atoms with E-state index in [9.17, 15) is 18.0 Å². The van der Waals surface area contributed by atoms with E-state index >= 15 is 0 Å². The average Bonchev–Trinajstić information content (AvgIpc) is 3.02. The van der Waals surface area contributed by atoms with E-state index in [2.05, 4.69) is 96.3 Å². The number of rotatable bonds is 10. The molecule has 0 unspecified atom stereocenters. The van der Waals surface area contributed by atoms with Crippen LogP contribution in [0.1, 0.15) is 19.3 Å². The molecule has 1 saturated heterocycles. The number of nitrogens with two attached hydrogens (primary N) is 1. The highest BCUT2D eigenvalue weighted by Crippen LogP contribution is 2.55. The number of hydrogen-bond donors (Lipinski definition) is 4. The first-order valence-corrected chi connectivity index (χ1v) is 16.2. The molecule has 236 valence electrons. The maximum atomic E-state index is 13.5. The van der Waals surface area contributed by atoms with E-state index in [-0.39, 0.29) is 11.9 Å². The third-order valence-corrected chi connectivity index (χ3v) is 12.2. The summed E-state index contributed by atoms with van der Waals surface area (Å²) in [5.74, 6) is -2.75. The van der Waals surface area contributed by atoms with Crippen LogP contribution in [0.5, 0.6) is 0 Å². The van der Waals surface area contributed by atoms with Crippen molar-refractivity contribution in [2.24, 2.45) is 11.1 Å². The highest BCUT2D eigenvalue weighted by Gasteiger charge is 2.45. The number of ether oxygens (including phenoxy) is 1. The molecule has 1 fully saturated rings. The fourth-order valence-electron chi connectivity index (χ4n) is 5.35. The maximum Gasteiger partial charge on any atom is 0.490 e. The molecule has 4 rings (SSSR count). The van der Waals surface area contributed by atoms with Crippen LogP contribution in [-0.2, 0) is 14.3 Å². The molecular formula is C32H39F3N4O4P+. The summed E-state index contributed by atoms with van der Waals surface area (Å²) in [5.41, 5.74) is 5.10. The molecule has 1 aliphatic rings. The van der Waals surface area contributed by atoms with Crippen LogP contribution < -0.4 is 27.0 Å². The minimum atomic E-state index is -5.08. The number of nitrogens with zero attached hydrogens (tertiary/aromatic N) is 1. The van der Waals surface area contributed by atoms with Gasteiger partial charge in [0.1, 0.15) is 23.2 Å². The standard InChI is InChI=1S/C30H37N4O2P.C2HF3O2/c1-34(29(31)32)24-30(18-21-36-22-19-30)28(35)33-20-11-23-37(25-12-5-2-6-13-25,26-14-7-3-8-15-26)27-16-9-4-10-17-27;3-2(4,5)1(6)7/h2-10,12-17H,11,18-24H2,1H3,(H3-,31,32,33,35);(H,6,7)/p+1.